The van der Waals surface area contributed by atoms with Crippen LogP contribution in [0.15, 0.2) is 41.8 Å². The summed E-state index contributed by atoms with van der Waals surface area (Å²) in [5.41, 5.74) is 0.825. The van der Waals surface area contributed by atoms with Gasteiger partial charge in [0, 0.05) is 34.6 Å². The van der Waals surface area contributed by atoms with Crippen LogP contribution in [0, 0.1) is 0 Å². The summed E-state index contributed by atoms with van der Waals surface area (Å²) in [4.78, 5) is 3.73. The highest BCUT2D eigenvalue weighted by Crippen LogP contribution is 2.32. The summed E-state index contributed by atoms with van der Waals surface area (Å²) in [6.45, 7) is 1.57. The van der Waals surface area contributed by atoms with E-state index >= 15 is 0 Å². The number of thiophene rings is 1. The first-order valence-corrected chi connectivity index (χ1v) is 8.18. The highest BCUT2D eigenvalue weighted by molar-refractivity contribution is 7.09. The van der Waals surface area contributed by atoms with Crippen molar-refractivity contribution in [2.45, 2.75) is 31.5 Å². The number of hydrogen-bond acceptors (Lipinski definition) is 3. The van der Waals surface area contributed by atoms with E-state index in [9.17, 15) is 5.11 Å². The SMILES string of the molecule is O[C@@H](CN(Cc1cccs1)C1CC1)c1ccccc1Cl. The summed E-state index contributed by atoms with van der Waals surface area (Å²) in [5.74, 6) is 0. The quantitative estimate of drug-likeness (QED) is 0.868. The zero-order valence-corrected chi connectivity index (χ0v) is 12.8. The molecule has 1 N–H and O–H groups in total. The first-order valence-electron chi connectivity index (χ1n) is 6.93. The van der Waals surface area contributed by atoms with Crippen molar-refractivity contribution in [2.24, 2.45) is 0 Å². The zero-order valence-electron chi connectivity index (χ0n) is 11.2. The normalized spacial score (nSPS) is 16.6. The number of nitrogens with zero attached hydrogens (tertiary/aromatic N) is 1. The molecule has 20 heavy (non-hydrogen) atoms. The van der Waals surface area contributed by atoms with Crippen LogP contribution in [-0.4, -0.2) is 22.6 Å². The van der Waals surface area contributed by atoms with Gasteiger partial charge in [0.05, 0.1) is 6.10 Å². The molecule has 0 aliphatic heterocycles. The van der Waals surface area contributed by atoms with E-state index in [-0.39, 0.29) is 0 Å². The Morgan fingerprint density at radius 2 is 2.05 bits per heavy atom. The lowest BCUT2D eigenvalue weighted by atomic mass is 10.1. The van der Waals surface area contributed by atoms with Crippen molar-refractivity contribution in [3.8, 4) is 0 Å². The van der Waals surface area contributed by atoms with E-state index in [2.05, 4.69) is 22.4 Å². The fourth-order valence-electron chi connectivity index (χ4n) is 2.45. The van der Waals surface area contributed by atoms with Gasteiger partial charge < -0.3 is 5.11 Å². The molecule has 1 aromatic carbocycles. The number of aliphatic hydroxyl groups excluding tert-OH is 1. The summed E-state index contributed by atoms with van der Waals surface area (Å²) in [6, 6.07) is 12.4. The number of halogens is 1. The molecule has 0 spiro atoms. The highest BCUT2D eigenvalue weighted by atomic mass is 35.5. The van der Waals surface area contributed by atoms with Gasteiger partial charge in [0.25, 0.3) is 0 Å². The second-order valence-electron chi connectivity index (χ2n) is 5.28. The van der Waals surface area contributed by atoms with Gasteiger partial charge >= 0.3 is 0 Å². The van der Waals surface area contributed by atoms with Crippen LogP contribution in [0.25, 0.3) is 0 Å². The zero-order chi connectivity index (χ0) is 13.9. The van der Waals surface area contributed by atoms with E-state index in [0.29, 0.717) is 17.6 Å². The maximum absolute atomic E-state index is 10.5. The van der Waals surface area contributed by atoms with Crippen LogP contribution in [0.3, 0.4) is 0 Å². The predicted octanol–water partition coefficient (Wildman–Crippen LogP) is 4.10. The molecule has 4 heteroatoms. The summed E-state index contributed by atoms with van der Waals surface area (Å²) in [5, 5.41) is 13.2. The smallest absolute Gasteiger partial charge is 0.0931 e. The number of rotatable bonds is 6. The van der Waals surface area contributed by atoms with Crippen molar-refractivity contribution in [3.05, 3.63) is 57.2 Å². The van der Waals surface area contributed by atoms with Crippen LogP contribution >= 0.6 is 22.9 Å². The topological polar surface area (TPSA) is 23.5 Å². The minimum absolute atomic E-state index is 0.524. The second-order valence-corrected chi connectivity index (χ2v) is 6.72. The number of benzene rings is 1. The third-order valence-corrected chi connectivity index (χ3v) is 4.88. The van der Waals surface area contributed by atoms with Crippen LogP contribution in [0.1, 0.15) is 29.4 Å². The first-order chi connectivity index (χ1) is 9.74. The van der Waals surface area contributed by atoms with E-state index in [1.54, 1.807) is 11.3 Å². The summed E-state index contributed by atoms with van der Waals surface area (Å²) in [7, 11) is 0. The molecule has 1 saturated carbocycles. The van der Waals surface area contributed by atoms with Crippen molar-refractivity contribution < 1.29 is 5.11 Å². The Bertz CT molecular complexity index is 553. The van der Waals surface area contributed by atoms with Gasteiger partial charge in [0.1, 0.15) is 0 Å². The third kappa shape index (κ3) is 3.41. The summed E-state index contributed by atoms with van der Waals surface area (Å²) < 4.78 is 0. The Morgan fingerprint density at radius 3 is 2.70 bits per heavy atom. The maximum atomic E-state index is 10.5. The van der Waals surface area contributed by atoms with Crippen LogP contribution < -0.4 is 0 Å². The van der Waals surface area contributed by atoms with Crippen molar-refractivity contribution in [1.82, 2.24) is 4.90 Å². The van der Waals surface area contributed by atoms with Gasteiger partial charge in [-0.2, -0.15) is 0 Å². The van der Waals surface area contributed by atoms with Crippen molar-refractivity contribution in [1.29, 1.82) is 0 Å². The molecule has 1 atom stereocenters. The molecule has 0 saturated heterocycles. The Hall–Kier alpha value is -0.870. The van der Waals surface area contributed by atoms with Gasteiger partial charge in [-0.15, -0.1) is 11.3 Å². The van der Waals surface area contributed by atoms with Gasteiger partial charge in [-0.1, -0.05) is 35.9 Å². The minimum Gasteiger partial charge on any atom is -0.387 e. The van der Waals surface area contributed by atoms with Gasteiger partial charge in [0.2, 0.25) is 0 Å². The Labute approximate surface area is 128 Å². The van der Waals surface area contributed by atoms with Gasteiger partial charge in [0.15, 0.2) is 0 Å². The maximum Gasteiger partial charge on any atom is 0.0931 e. The van der Waals surface area contributed by atoms with Crippen LogP contribution in [-0.2, 0) is 6.54 Å². The van der Waals surface area contributed by atoms with Gasteiger partial charge in [-0.05, 0) is 30.4 Å². The lowest BCUT2D eigenvalue weighted by Crippen LogP contribution is -2.30. The van der Waals surface area contributed by atoms with Crippen LogP contribution in [0.4, 0.5) is 0 Å². The van der Waals surface area contributed by atoms with E-state index in [1.807, 2.05) is 24.3 Å². The van der Waals surface area contributed by atoms with Crippen molar-refractivity contribution >= 4 is 22.9 Å². The number of aliphatic hydroxyl groups is 1. The minimum atomic E-state index is -0.524. The monoisotopic (exact) mass is 307 g/mol. The average molecular weight is 308 g/mol. The Morgan fingerprint density at radius 1 is 1.25 bits per heavy atom. The standard InChI is InChI=1S/C16H18ClNOS/c17-15-6-2-1-5-14(15)16(19)11-18(12-7-8-12)10-13-4-3-9-20-13/h1-6,9,12,16,19H,7-8,10-11H2/t16-/m0/s1. The van der Waals surface area contributed by atoms with E-state index in [1.165, 1.54) is 17.7 Å². The van der Waals surface area contributed by atoms with Gasteiger partial charge in [-0.25, -0.2) is 0 Å². The molecule has 0 radical (unpaired) electrons. The summed E-state index contributed by atoms with van der Waals surface area (Å²) in [6.07, 6.45) is 1.95. The first kappa shape index (κ1) is 14.1. The molecule has 0 bridgehead atoms. The molecule has 106 valence electrons. The number of hydrogen-bond donors (Lipinski definition) is 1. The molecular formula is C16H18ClNOS. The molecule has 1 aliphatic rings. The Kier molecular flexibility index (Phi) is 4.41. The van der Waals surface area contributed by atoms with E-state index in [0.717, 1.165) is 12.1 Å². The third-order valence-electron chi connectivity index (χ3n) is 3.67. The molecule has 1 fully saturated rings. The van der Waals surface area contributed by atoms with Gasteiger partial charge in [-0.3, -0.25) is 4.90 Å². The van der Waals surface area contributed by atoms with Crippen molar-refractivity contribution in [2.75, 3.05) is 6.54 Å². The van der Waals surface area contributed by atoms with Crippen LogP contribution in [0.5, 0.6) is 0 Å². The fourth-order valence-corrected chi connectivity index (χ4v) is 3.44. The molecule has 2 aromatic rings. The largest absolute Gasteiger partial charge is 0.387 e. The lowest BCUT2D eigenvalue weighted by Gasteiger charge is -2.25. The molecule has 3 rings (SSSR count). The fraction of sp³-hybridized carbons (Fsp3) is 0.375. The lowest BCUT2D eigenvalue weighted by molar-refractivity contribution is 0.105. The van der Waals surface area contributed by atoms with E-state index < -0.39 is 6.10 Å². The van der Waals surface area contributed by atoms with Crippen molar-refractivity contribution in [3.63, 3.8) is 0 Å². The van der Waals surface area contributed by atoms with E-state index in [4.69, 9.17) is 11.6 Å². The molecule has 2 nitrogen and oxygen atoms in total. The highest BCUT2D eigenvalue weighted by Gasteiger charge is 2.31. The molecular weight excluding hydrogens is 290 g/mol. The molecule has 0 amide bonds. The molecule has 0 unspecified atom stereocenters. The summed E-state index contributed by atoms with van der Waals surface area (Å²) >= 11 is 7.94. The van der Waals surface area contributed by atoms with Crippen LogP contribution in [0.2, 0.25) is 5.02 Å². The molecule has 1 heterocycles. The molecule has 1 aromatic heterocycles. The molecule has 1 aliphatic carbocycles. The predicted molar refractivity (Wildman–Crippen MR) is 84.2 cm³/mol. The Balaban J connectivity index is 1.68. The average Bonchev–Trinajstić information content (AvgIpc) is 3.17. The second kappa shape index (κ2) is 6.27.